The second kappa shape index (κ2) is 8.55. The number of ether oxygens (including phenoxy) is 2. The lowest BCUT2D eigenvalue weighted by atomic mass is 10.0. The molecule has 2 atom stereocenters. The molecule has 1 aliphatic heterocycles. The number of rotatable bonds is 5. The number of nitrogens with zero attached hydrogens (tertiary/aromatic N) is 1. The first-order valence-electron chi connectivity index (χ1n) is 8.53. The fraction of sp³-hybridized carbons (Fsp3) is 0.526. The van der Waals surface area contributed by atoms with E-state index in [1.54, 1.807) is 37.7 Å². The predicted octanol–water partition coefficient (Wildman–Crippen LogP) is 2.53. The Kier molecular flexibility index (Phi) is 6.84. The standard InChI is InChI=1S/C19H25NO5S2/c1-6-7-12-25-15-8-10-16(11-9-15)27(22,23)20-14(2)13-26-19(3,4)17(20)18(21)24-5/h8-11,14,17H,12-13H2,1-5H3/t14-,17+/m1/s1. The van der Waals surface area contributed by atoms with Crippen molar-refractivity contribution in [2.45, 2.75) is 49.4 Å². The smallest absolute Gasteiger partial charge is 0.325 e. The van der Waals surface area contributed by atoms with Crippen LogP contribution in [0.3, 0.4) is 0 Å². The zero-order valence-corrected chi connectivity index (χ0v) is 17.8. The van der Waals surface area contributed by atoms with E-state index >= 15 is 0 Å². The molecule has 0 unspecified atom stereocenters. The molecule has 0 N–H and O–H groups in total. The lowest BCUT2D eigenvalue weighted by molar-refractivity contribution is -0.146. The Morgan fingerprint density at radius 2 is 1.96 bits per heavy atom. The molecule has 0 spiro atoms. The van der Waals surface area contributed by atoms with Crippen molar-refractivity contribution in [3.8, 4) is 17.6 Å². The van der Waals surface area contributed by atoms with Crippen LogP contribution < -0.4 is 4.74 Å². The maximum Gasteiger partial charge on any atom is 0.325 e. The van der Waals surface area contributed by atoms with Crippen LogP contribution >= 0.6 is 11.8 Å². The first-order valence-corrected chi connectivity index (χ1v) is 11.0. The van der Waals surface area contributed by atoms with Crippen molar-refractivity contribution in [3.05, 3.63) is 24.3 Å². The van der Waals surface area contributed by atoms with Crippen molar-refractivity contribution in [1.29, 1.82) is 0 Å². The van der Waals surface area contributed by atoms with Crippen LogP contribution in [-0.2, 0) is 19.6 Å². The van der Waals surface area contributed by atoms with E-state index in [1.807, 2.05) is 13.8 Å². The number of benzene rings is 1. The zero-order chi connectivity index (χ0) is 20.2. The van der Waals surface area contributed by atoms with Gasteiger partial charge in [-0.15, -0.1) is 5.92 Å². The molecule has 0 saturated carbocycles. The van der Waals surface area contributed by atoms with Gasteiger partial charge in [0.25, 0.3) is 0 Å². The number of hydrogen-bond acceptors (Lipinski definition) is 6. The third-order valence-electron chi connectivity index (χ3n) is 4.36. The fourth-order valence-electron chi connectivity index (χ4n) is 2.94. The molecular formula is C19H25NO5S2. The van der Waals surface area contributed by atoms with Crippen molar-refractivity contribution in [2.75, 3.05) is 19.5 Å². The quantitative estimate of drug-likeness (QED) is 0.548. The Bertz CT molecular complexity index is 837. The van der Waals surface area contributed by atoms with Gasteiger partial charge in [0.05, 0.1) is 12.0 Å². The molecule has 1 heterocycles. The SMILES string of the molecule is CC#CCOc1ccc(S(=O)(=O)N2[C@H](C)CSC(C)(C)[C@@H]2C(=O)OC)cc1. The Balaban J connectivity index is 2.39. The number of hydrogen-bond donors (Lipinski definition) is 0. The van der Waals surface area contributed by atoms with E-state index in [1.165, 1.54) is 23.5 Å². The van der Waals surface area contributed by atoms with Gasteiger partial charge in [0.15, 0.2) is 0 Å². The molecule has 1 saturated heterocycles. The Morgan fingerprint density at radius 3 is 2.52 bits per heavy atom. The first-order chi connectivity index (χ1) is 12.6. The van der Waals surface area contributed by atoms with Gasteiger partial charge in [-0.2, -0.15) is 16.1 Å². The van der Waals surface area contributed by atoms with Gasteiger partial charge >= 0.3 is 5.97 Å². The van der Waals surface area contributed by atoms with Crippen molar-refractivity contribution >= 4 is 27.8 Å². The van der Waals surface area contributed by atoms with Gasteiger partial charge in [-0.05, 0) is 52.0 Å². The van der Waals surface area contributed by atoms with Crippen LogP contribution in [0.1, 0.15) is 27.7 Å². The van der Waals surface area contributed by atoms with Gasteiger partial charge in [-0.3, -0.25) is 4.79 Å². The number of carbonyl (C=O) groups is 1. The summed E-state index contributed by atoms with van der Waals surface area (Å²) >= 11 is 1.57. The molecule has 0 aromatic heterocycles. The second-order valence-corrected chi connectivity index (χ2v) is 10.2. The van der Waals surface area contributed by atoms with Crippen LogP contribution in [0.2, 0.25) is 0 Å². The van der Waals surface area contributed by atoms with E-state index in [4.69, 9.17) is 9.47 Å². The number of carbonyl (C=O) groups excluding carboxylic acids is 1. The number of sulfonamides is 1. The molecule has 0 bridgehead atoms. The predicted molar refractivity (Wildman–Crippen MR) is 106 cm³/mol. The average molecular weight is 412 g/mol. The number of esters is 1. The van der Waals surface area contributed by atoms with Gasteiger partial charge in [-0.25, -0.2) is 8.42 Å². The molecule has 8 heteroatoms. The molecule has 0 radical (unpaired) electrons. The van der Waals surface area contributed by atoms with Gasteiger partial charge in [0, 0.05) is 16.5 Å². The summed E-state index contributed by atoms with van der Waals surface area (Å²) in [6.45, 7) is 7.48. The number of methoxy groups -OCH3 is 1. The van der Waals surface area contributed by atoms with Crippen molar-refractivity contribution < 1.29 is 22.7 Å². The molecule has 27 heavy (non-hydrogen) atoms. The third-order valence-corrected chi connectivity index (χ3v) is 7.97. The van der Waals surface area contributed by atoms with Crippen LogP contribution in [-0.4, -0.2) is 55.0 Å². The largest absolute Gasteiger partial charge is 0.481 e. The molecule has 0 amide bonds. The van der Waals surface area contributed by atoms with E-state index in [9.17, 15) is 13.2 Å². The lowest BCUT2D eigenvalue weighted by Gasteiger charge is -2.46. The van der Waals surface area contributed by atoms with E-state index in [0.717, 1.165) is 0 Å². The summed E-state index contributed by atoms with van der Waals surface area (Å²) in [7, 11) is -2.62. The monoisotopic (exact) mass is 411 g/mol. The first kappa shape index (κ1) is 21.6. The van der Waals surface area contributed by atoms with Crippen molar-refractivity contribution in [3.63, 3.8) is 0 Å². The summed E-state index contributed by atoms with van der Waals surface area (Å²) in [4.78, 5) is 12.6. The zero-order valence-electron chi connectivity index (χ0n) is 16.2. The minimum absolute atomic E-state index is 0.111. The van der Waals surface area contributed by atoms with Gasteiger partial charge < -0.3 is 9.47 Å². The minimum Gasteiger partial charge on any atom is -0.481 e. The second-order valence-electron chi connectivity index (χ2n) is 6.71. The summed E-state index contributed by atoms with van der Waals surface area (Å²) in [5.41, 5.74) is 0. The minimum atomic E-state index is -3.89. The summed E-state index contributed by atoms with van der Waals surface area (Å²) in [5, 5.41) is 0. The van der Waals surface area contributed by atoms with Crippen molar-refractivity contribution in [2.24, 2.45) is 0 Å². The highest BCUT2D eigenvalue weighted by Gasteiger charge is 2.51. The van der Waals surface area contributed by atoms with Crippen LogP contribution in [0.5, 0.6) is 5.75 Å². The topological polar surface area (TPSA) is 72.9 Å². The molecule has 1 aromatic rings. The summed E-state index contributed by atoms with van der Waals surface area (Å²) in [5.74, 6) is 6.08. The maximum atomic E-state index is 13.3. The Morgan fingerprint density at radius 1 is 1.33 bits per heavy atom. The van der Waals surface area contributed by atoms with Gasteiger partial charge in [0.1, 0.15) is 18.4 Å². The Hall–Kier alpha value is -1.69. The fourth-order valence-corrected chi connectivity index (χ4v) is 6.20. The van der Waals surface area contributed by atoms with E-state index in [2.05, 4.69) is 11.8 Å². The Labute approximate surface area is 165 Å². The third kappa shape index (κ3) is 4.60. The summed E-state index contributed by atoms with van der Waals surface area (Å²) in [6.07, 6.45) is 0. The highest BCUT2D eigenvalue weighted by atomic mass is 32.2. The summed E-state index contributed by atoms with van der Waals surface area (Å²) in [6, 6.07) is 4.90. The molecule has 6 nitrogen and oxygen atoms in total. The molecule has 1 aliphatic rings. The summed E-state index contributed by atoms with van der Waals surface area (Å²) < 4.78 is 37.7. The highest BCUT2D eigenvalue weighted by molar-refractivity contribution is 8.01. The van der Waals surface area contributed by atoms with Crippen LogP contribution in [0.25, 0.3) is 0 Å². The molecule has 1 aromatic carbocycles. The number of thioether (sulfide) groups is 1. The highest BCUT2D eigenvalue weighted by Crippen LogP contribution is 2.41. The van der Waals surface area contributed by atoms with Crippen LogP contribution in [0.4, 0.5) is 0 Å². The molecule has 2 rings (SSSR count). The molecule has 1 fully saturated rings. The van der Waals surface area contributed by atoms with Crippen LogP contribution in [0.15, 0.2) is 29.2 Å². The van der Waals surface area contributed by atoms with Crippen LogP contribution in [0, 0.1) is 11.8 Å². The van der Waals surface area contributed by atoms with E-state index in [0.29, 0.717) is 11.5 Å². The normalized spacial score (nSPS) is 22.4. The van der Waals surface area contributed by atoms with Crippen molar-refractivity contribution in [1.82, 2.24) is 4.31 Å². The molecular weight excluding hydrogens is 386 g/mol. The van der Waals surface area contributed by atoms with E-state index in [-0.39, 0.29) is 17.5 Å². The average Bonchev–Trinajstić information content (AvgIpc) is 2.63. The van der Waals surface area contributed by atoms with Gasteiger partial charge in [0.2, 0.25) is 10.0 Å². The molecule has 0 aliphatic carbocycles. The lowest BCUT2D eigenvalue weighted by Crippen LogP contribution is -2.62. The van der Waals surface area contributed by atoms with E-state index < -0.39 is 26.8 Å². The maximum absolute atomic E-state index is 13.3. The van der Waals surface area contributed by atoms with Gasteiger partial charge in [-0.1, -0.05) is 5.92 Å². The molecule has 148 valence electrons.